The van der Waals surface area contributed by atoms with Gasteiger partial charge in [0, 0.05) is 55.7 Å². The summed E-state index contributed by atoms with van der Waals surface area (Å²) in [4.78, 5) is 14.9. The van der Waals surface area contributed by atoms with Gasteiger partial charge in [0.2, 0.25) is 0 Å². The van der Waals surface area contributed by atoms with Crippen LogP contribution in [0.1, 0.15) is 83.7 Å². The van der Waals surface area contributed by atoms with Crippen molar-refractivity contribution in [2.45, 2.75) is 77.6 Å². The van der Waals surface area contributed by atoms with E-state index in [1.54, 1.807) is 0 Å². The second kappa shape index (κ2) is 11.3. The highest BCUT2D eigenvalue weighted by atomic mass is 35.5. The second-order valence-corrected chi connectivity index (χ2v) is 9.49. The molecule has 30 heavy (non-hydrogen) atoms. The van der Waals surface area contributed by atoms with Gasteiger partial charge in [-0.2, -0.15) is 0 Å². The lowest BCUT2D eigenvalue weighted by Crippen LogP contribution is -2.47. The Kier molecular flexibility index (Phi) is 9.35. The first kappa shape index (κ1) is 24.9. The number of hydrogen-bond acceptors (Lipinski definition) is 6. The highest BCUT2D eigenvalue weighted by molar-refractivity contribution is 5.85. The predicted molar refractivity (Wildman–Crippen MR) is 126 cm³/mol. The zero-order chi connectivity index (χ0) is 20.9. The molecule has 2 aliphatic rings. The number of halogens is 1. The van der Waals surface area contributed by atoms with E-state index >= 15 is 0 Å². The van der Waals surface area contributed by atoms with Crippen molar-refractivity contribution < 1.29 is 4.74 Å². The molecule has 0 amide bonds. The number of nitrogens with zero attached hydrogens (tertiary/aromatic N) is 4. The minimum Gasteiger partial charge on any atom is -0.481 e. The van der Waals surface area contributed by atoms with Gasteiger partial charge in [0.15, 0.2) is 5.90 Å². The number of aromatic nitrogens is 2. The van der Waals surface area contributed by atoms with E-state index in [4.69, 9.17) is 20.1 Å². The molecule has 2 fully saturated rings. The first-order valence-electron chi connectivity index (χ1n) is 11.4. The van der Waals surface area contributed by atoms with Crippen molar-refractivity contribution >= 4 is 24.1 Å². The molecule has 6 nitrogen and oxygen atoms in total. The van der Waals surface area contributed by atoms with Crippen molar-refractivity contribution in [1.82, 2.24) is 14.9 Å². The van der Waals surface area contributed by atoms with Gasteiger partial charge in [-0.25, -0.2) is 9.97 Å². The van der Waals surface area contributed by atoms with Crippen LogP contribution >= 0.6 is 12.4 Å². The van der Waals surface area contributed by atoms with E-state index in [9.17, 15) is 0 Å². The smallest absolute Gasteiger partial charge is 0.180 e. The standard InChI is InChI=1S/C23H39N5O.ClH/c1-5-29-20(24)11-6-7-12-27-13-15-28(16-14-27)21-17-19(18-9-8-10-18)25-22(26-21)23(2,3)4;/h17-18,24H,5-16H2,1-4H3;1H. The Hall–Kier alpha value is -1.40. The summed E-state index contributed by atoms with van der Waals surface area (Å²) in [6, 6.07) is 2.26. The lowest BCUT2D eigenvalue weighted by molar-refractivity contribution is 0.251. The average Bonchev–Trinajstić information content (AvgIpc) is 2.64. The number of unbranched alkanes of at least 4 members (excludes halogenated alkanes) is 1. The van der Waals surface area contributed by atoms with Gasteiger partial charge < -0.3 is 9.64 Å². The molecule has 170 valence electrons. The molecular formula is C23H40ClN5O. The Labute approximate surface area is 188 Å². The molecule has 0 aromatic carbocycles. The van der Waals surface area contributed by atoms with Crippen LogP contribution in [0.3, 0.4) is 0 Å². The van der Waals surface area contributed by atoms with Crippen molar-refractivity contribution in [2.24, 2.45) is 0 Å². The molecule has 1 saturated heterocycles. The first-order valence-corrected chi connectivity index (χ1v) is 11.4. The Morgan fingerprint density at radius 1 is 1.13 bits per heavy atom. The quantitative estimate of drug-likeness (QED) is 0.360. The molecule has 0 spiro atoms. The van der Waals surface area contributed by atoms with Crippen LogP contribution in [0.25, 0.3) is 0 Å². The number of hydrogen-bond donors (Lipinski definition) is 1. The van der Waals surface area contributed by atoms with Gasteiger partial charge in [0.05, 0.1) is 6.61 Å². The summed E-state index contributed by atoms with van der Waals surface area (Å²) in [5.74, 6) is 3.17. The van der Waals surface area contributed by atoms with Gasteiger partial charge in [-0.05, 0) is 39.2 Å². The van der Waals surface area contributed by atoms with Crippen LogP contribution in [0.15, 0.2) is 6.07 Å². The van der Waals surface area contributed by atoms with E-state index < -0.39 is 0 Å². The largest absolute Gasteiger partial charge is 0.481 e. The van der Waals surface area contributed by atoms with Crippen LogP contribution in [0, 0.1) is 5.41 Å². The summed E-state index contributed by atoms with van der Waals surface area (Å²) in [5.41, 5.74) is 1.23. The average molecular weight is 438 g/mol. The van der Waals surface area contributed by atoms with Gasteiger partial charge in [-0.3, -0.25) is 10.3 Å². The lowest BCUT2D eigenvalue weighted by Gasteiger charge is -2.36. The summed E-state index contributed by atoms with van der Waals surface area (Å²) >= 11 is 0. The molecule has 1 saturated carbocycles. The predicted octanol–water partition coefficient (Wildman–Crippen LogP) is 4.77. The first-order chi connectivity index (χ1) is 13.9. The zero-order valence-corrected chi connectivity index (χ0v) is 20.1. The monoisotopic (exact) mass is 437 g/mol. The number of piperazine rings is 1. The molecular weight excluding hydrogens is 398 g/mol. The maximum Gasteiger partial charge on any atom is 0.180 e. The normalized spacial score (nSPS) is 17.9. The van der Waals surface area contributed by atoms with Crippen LogP contribution in [0.4, 0.5) is 5.82 Å². The molecule has 1 N–H and O–H groups in total. The summed E-state index contributed by atoms with van der Waals surface area (Å²) in [6.07, 6.45) is 6.79. The van der Waals surface area contributed by atoms with Crippen LogP contribution in [-0.2, 0) is 10.2 Å². The third kappa shape index (κ3) is 6.81. The fraction of sp³-hybridized carbons (Fsp3) is 0.783. The van der Waals surface area contributed by atoms with Crippen molar-refractivity contribution in [1.29, 1.82) is 5.41 Å². The van der Waals surface area contributed by atoms with Crippen molar-refractivity contribution in [2.75, 3.05) is 44.2 Å². The van der Waals surface area contributed by atoms with E-state index in [0.717, 1.165) is 63.6 Å². The topological polar surface area (TPSA) is 65.3 Å². The third-order valence-corrected chi connectivity index (χ3v) is 6.07. The van der Waals surface area contributed by atoms with E-state index in [2.05, 4.69) is 36.6 Å². The number of rotatable bonds is 8. The molecule has 0 atom stereocenters. The van der Waals surface area contributed by atoms with Crippen molar-refractivity contribution in [3.63, 3.8) is 0 Å². The number of anilines is 1. The molecule has 1 aromatic heterocycles. The summed E-state index contributed by atoms with van der Waals surface area (Å²) < 4.78 is 5.22. The summed E-state index contributed by atoms with van der Waals surface area (Å²) in [6.45, 7) is 14.5. The molecule has 3 rings (SSSR count). The Morgan fingerprint density at radius 2 is 1.83 bits per heavy atom. The van der Waals surface area contributed by atoms with Crippen LogP contribution in [0.5, 0.6) is 0 Å². The van der Waals surface area contributed by atoms with Gasteiger partial charge in [0.1, 0.15) is 11.6 Å². The van der Waals surface area contributed by atoms with Crippen molar-refractivity contribution in [3.8, 4) is 0 Å². The highest BCUT2D eigenvalue weighted by Gasteiger charge is 2.27. The molecule has 0 radical (unpaired) electrons. The minimum absolute atomic E-state index is 0. The molecule has 0 bridgehead atoms. The molecule has 2 heterocycles. The van der Waals surface area contributed by atoms with Crippen molar-refractivity contribution in [3.05, 3.63) is 17.6 Å². The third-order valence-electron chi connectivity index (χ3n) is 6.07. The van der Waals surface area contributed by atoms with Gasteiger partial charge in [-0.1, -0.05) is 27.2 Å². The van der Waals surface area contributed by atoms with Gasteiger partial charge in [0.25, 0.3) is 0 Å². The Morgan fingerprint density at radius 3 is 2.40 bits per heavy atom. The van der Waals surface area contributed by atoms with E-state index in [1.165, 1.54) is 25.0 Å². The SMILES string of the molecule is CCOC(=N)CCCCN1CCN(c2cc(C3CCC3)nc(C(C)(C)C)n2)CC1.Cl. The summed E-state index contributed by atoms with van der Waals surface area (Å²) in [5, 5.41) is 7.71. The maximum atomic E-state index is 7.71. The van der Waals surface area contributed by atoms with E-state index in [0.29, 0.717) is 18.4 Å². The Balaban J connectivity index is 0.00000320. The zero-order valence-electron chi connectivity index (χ0n) is 19.2. The number of ether oxygens (including phenoxy) is 1. The fourth-order valence-electron chi connectivity index (χ4n) is 3.93. The maximum absolute atomic E-state index is 7.71. The molecule has 7 heteroatoms. The second-order valence-electron chi connectivity index (χ2n) is 9.49. The summed E-state index contributed by atoms with van der Waals surface area (Å²) in [7, 11) is 0. The lowest BCUT2D eigenvalue weighted by atomic mass is 9.82. The molecule has 1 aromatic rings. The number of nitrogens with one attached hydrogen (secondary N) is 1. The van der Waals surface area contributed by atoms with Crippen LogP contribution in [0.2, 0.25) is 0 Å². The van der Waals surface area contributed by atoms with Crippen LogP contribution in [-0.4, -0.2) is 60.1 Å². The van der Waals surface area contributed by atoms with Crippen LogP contribution < -0.4 is 4.90 Å². The van der Waals surface area contributed by atoms with Gasteiger partial charge in [-0.15, -0.1) is 12.4 Å². The highest BCUT2D eigenvalue weighted by Crippen LogP contribution is 2.37. The Bertz CT molecular complexity index is 679. The van der Waals surface area contributed by atoms with E-state index in [-0.39, 0.29) is 17.8 Å². The molecule has 0 unspecified atom stereocenters. The molecule has 1 aliphatic carbocycles. The van der Waals surface area contributed by atoms with Gasteiger partial charge >= 0.3 is 0 Å². The van der Waals surface area contributed by atoms with E-state index in [1.807, 2.05) is 6.92 Å². The minimum atomic E-state index is -0.0223. The fourth-order valence-corrected chi connectivity index (χ4v) is 3.93. The molecule has 1 aliphatic heterocycles.